The van der Waals surface area contributed by atoms with Gasteiger partial charge < -0.3 is 19.5 Å². The fraction of sp³-hybridized carbons (Fsp3) is 0.286. The van der Waals surface area contributed by atoms with E-state index in [9.17, 15) is 0 Å². The topological polar surface area (TPSA) is 83.3 Å². The van der Waals surface area contributed by atoms with Crippen molar-refractivity contribution in [2.45, 2.75) is 37.1 Å². The summed E-state index contributed by atoms with van der Waals surface area (Å²) in [7, 11) is 1.62. The minimum atomic E-state index is -2.49. The number of fused-ring (bicyclic) bond motifs is 1. The Bertz CT molecular complexity index is 1830. The van der Waals surface area contributed by atoms with Gasteiger partial charge in [0.05, 0.1) is 30.4 Å². The van der Waals surface area contributed by atoms with E-state index in [4.69, 9.17) is 30.6 Å². The number of rotatable bonds is 10. The van der Waals surface area contributed by atoms with Gasteiger partial charge in [0.2, 0.25) is 23.4 Å². The van der Waals surface area contributed by atoms with E-state index in [1.165, 1.54) is 17.8 Å². The molecular formula is C35H32F2IN5O3. The van der Waals surface area contributed by atoms with E-state index in [2.05, 4.69) is 16.2 Å². The van der Waals surface area contributed by atoms with Crippen LogP contribution < -0.4 is 14.8 Å². The largest absolute Gasteiger partial charge is 0.497 e. The van der Waals surface area contributed by atoms with Crippen LogP contribution in [0.1, 0.15) is 36.8 Å². The van der Waals surface area contributed by atoms with Gasteiger partial charge in [0.15, 0.2) is 17.4 Å². The Morgan fingerprint density at radius 1 is 1.00 bits per heavy atom. The Labute approximate surface area is 279 Å². The summed E-state index contributed by atoms with van der Waals surface area (Å²) in [4.78, 5) is 14.0. The van der Waals surface area contributed by atoms with E-state index in [-0.39, 0.29) is 34.0 Å². The lowest BCUT2D eigenvalue weighted by Crippen LogP contribution is -2.39. The normalized spacial score (nSPS) is 22.8. The molecule has 236 valence electrons. The summed E-state index contributed by atoms with van der Waals surface area (Å²) in [6, 6.07) is 27.5. The quantitative estimate of drug-likeness (QED) is 0.0701. The number of hydrogen-bond acceptors (Lipinski definition) is 7. The van der Waals surface area contributed by atoms with Crippen molar-refractivity contribution in [1.29, 1.82) is 0 Å². The zero-order chi connectivity index (χ0) is 32.5. The van der Waals surface area contributed by atoms with Crippen LogP contribution in [0.2, 0.25) is 0 Å². The van der Waals surface area contributed by atoms with Crippen molar-refractivity contribution in [3.05, 3.63) is 108 Å². The molecule has 1 aliphatic heterocycles. The second-order valence-electron chi connectivity index (χ2n) is 11.0. The van der Waals surface area contributed by atoms with Crippen LogP contribution in [-0.2, 0) is 10.3 Å². The Balaban J connectivity index is 1.59. The molecule has 0 bridgehead atoms. The molecule has 1 fully saturated rings. The SMILES string of the molecule is C#C[C@]1(F)[C@H](n2cnc3c(OCC)nc(NC(c4ccccc4)(c4ccccc4)c4ccc(OC)cc4)nc32)O[C@](F)(CI)[C@H]1C. The second kappa shape index (κ2) is 12.5. The first kappa shape index (κ1) is 31.7. The van der Waals surface area contributed by atoms with Crippen molar-refractivity contribution >= 4 is 39.7 Å². The highest BCUT2D eigenvalue weighted by Gasteiger charge is 2.64. The number of hydrogen-bond donors (Lipinski definition) is 1. The van der Waals surface area contributed by atoms with Gasteiger partial charge in [-0.05, 0) is 35.7 Å². The number of anilines is 1. The summed E-state index contributed by atoms with van der Waals surface area (Å²) < 4.78 is 50.6. The molecule has 1 saturated heterocycles. The van der Waals surface area contributed by atoms with Crippen LogP contribution in [0.4, 0.5) is 14.7 Å². The molecule has 4 atom stereocenters. The molecule has 0 aliphatic carbocycles. The number of imidazole rings is 1. The van der Waals surface area contributed by atoms with Crippen molar-refractivity contribution < 1.29 is 23.0 Å². The first-order chi connectivity index (χ1) is 22.2. The highest BCUT2D eigenvalue weighted by Crippen LogP contribution is 2.53. The molecule has 2 aromatic heterocycles. The molecule has 11 heteroatoms. The Kier molecular flexibility index (Phi) is 8.60. The van der Waals surface area contributed by atoms with Crippen LogP contribution in [0.5, 0.6) is 11.6 Å². The third kappa shape index (κ3) is 5.13. The van der Waals surface area contributed by atoms with Crippen LogP contribution in [-0.4, -0.2) is 49.2 Å². The fourth-order valence-corrected chi connectivity index (χ4v) is 6.80. The molecule has 0 unspecified atom stereocenters. The van der Waals surface area contributed by atoms with Crippen molar-refractivity contribution in [3.8, 4) is 24.0 Å². The average molecular weight is 736 g/mol. The van der Waals surface area contributed by atoms with Crippen LogP contribution in [0.3, 0.4) is 0 Å². The first-order valence-corrected chi connectivity index (χ1v) is 16.3. The maximum atomic E-state index is 16.5. The van der Waals surface area contributed by atoms with E-state index >= 15 is 8.78 Å². The third-order valence-corrected chi connectivity index (χ3v) is 9.55. The van der Waals surface area contributed by atoms with E-state index < -0.39 is 29.2 Å². The predicted molar refractivity (Wildman–Crippen MR) is 181 cm³/mol. The third-order valence-electron chi connectivity index (χ3n) is 8.51. The lowest BCUT2D eigenvalue weighted by molar-refractivity contribution is -0.152. The van der Waals surface area contributed by atoms with Crippen LogP contribution in [0.15, 0.2) is 91.3 Å². The number of methoxy groups -OCH3 is 1. The number of terminal acetylenes is 1. The molecule has 0 radical (unpaired) electrons. The first-order valence-electron chi connectivity index (χ1n) is 14.7. The van der Waals surface area contributed by atoms with Crippen molar-refractivity contribution in [1.82, 2.24) is 19.5 Å². The Morgan fingerprint density at radius 2 is 1.61 bits per heavy atom. The lowest BCUT2D eigenvalue weighted by atomic mass is 9.77. The number of ether oxygens (including phenoxy) is 3. The molecular weight excluding hydrogens is 703 g/mol. The Morgan fingerprint density at radius 3 is 2.15 bits per heavy atom. The maximum absolute atomic E-state index is 16.5. The average Bonchev–Trinajstić information content (AvgIpc) is 3.61. The number of halogens is 3. The van der Waals surface area contributed by atoms with E-state index in [0.29, 0.717) is 5.75 Å². The van der Waals surface area contributed by atoms with Gasteiger partial charge in [-0.25, -0.2) is 13.8 Å². The highest BCUT2D eigenvalue weighted by atomic mass is 127. The summed E-state index contributed by atoms with van der Waals surface area (Å²) in [6.45, 7) is 3.50. The van der Waals surface area contributed by atoms with Crippen molar-refractivity contribution in [2.24, 2.45) is 5.92 Å². The molecule has 8 nitrogen and oxygen atoms in total. The van der Waals surface area contributed by atoms with Gasteiger partial charge in [-0.3, -0.25) is 4.57 Å². The summed E-state index contributed by atoms with van der Waals surface area (Å²) in [5.41, 5.74) is -0.427. The predicted octanol–water partition coefficient (Wildman–Crippen LogP) is 7.24. The molecule has 6 rings (SSSR count). The zero-order valence-electron chi connectivity index (χ0n) is 25.5. The van der Waals surface area contributed by atoms with Crippen molar-refractivity contribution in [2.75, 3.05) is 23.5 Å². The number of nitrogens with one attached hydrogen (secondary N) is 1. The molecule has 1 aliphatic rings. The van der Waals surface area contributed by atoms with Crippen LogP contribution in [0, 0.1) is 18.3 Å². The van der Waals surface area contributed by atoms with Gasteiger partial charge in [-0.15, -0.1) is 6.42 Å². The molecule has 3 heterocycles. The van der Waals surface area contributed by atoms with E-state index in [1.807, 2.05) is 114 Å². The number of nitrogens with zero attached hydrogens (tertiary/aromatic N) is 4. The minimum absolute atomic E-state index is 0.118. The van der Waals surface area contributed by atoms with E-state index in [0.717, 1.165) is 16.7 Å². The van der Waals surface area contributed by atoms with Crippen LogP contribution >= 0.6 is 22.6 Å². The Hall–Kier alpha value is -4.28. The van der Waals surface area contributed by atoms with E-state index in [1.54, 1.807) is 7.11 Å². The standard InChI is InChI=1S/C35H32F2IN5O3/c1-5-33(36)23(3)34(37,21-38)46-31(33)43-22-39-28-29(43)40-32(41-30(28)45-6-2)42-35(24-13-9-7-10-14-24,25-15-11-8-12-16-25)26-17-19-27(44-4)20-18-26/h1,7-20,22-23,31H,6,21H2,2-4H3,(H,40,41,42)/t23-,31+,33+,34+/m0/s1. The molecule has 46 heavy (non-hydrogen) atoms. The van der Waals surface area contributed by atoms with Gasteiger partial charge in [0.25, 0.3) is 0 Å². The number of alkyl halides is 3. The molecule has 5 aromatic rings. The van der Waals surface area contributed by atoms with Crippen molar-refractivity contribution in [3.63, 3.8) is 0 Å². The molecule has 0 saturated carbocycles. The molecule has 3 aromatic carbocycles. The summed E-state index contributed by atoms with van der Waals surface area (Å²) in [6.07, 6.45) is 5.49. The summed E-state index contributed by atoms with van der Waals surface area (Å²) in [5, 5.41) is 3.61. The highest BCUT2D eigenvalue weighted by molar-refractivity contribution is 14.1. The van der Waals surface area contributed by atoms with Gasteiger partial charge in [0.1, 0.15) is 11.3 Å². The minimum Gasteiger partial charge on any atom is -0.497 e. The maximum Gasteiger partial charge on any atom is 0.247 e. The van der Waals surface area contributed by atoms with Gasteiger partial charge in [-0.2, -0.15) is 9.97 Å². The molecule has 1 N–H and O–H groups in total. The zero-order valence-corrected chi connectivity index (χ0v) is 27.6. The molecule has 0 amide bonds. The van der Waals surface area contributed by atoms with Gasteiger partial charge >= 0.3 is 0 Å². The summed E-state index contributed by atoms with van der Waals surface area (Å²) >= 11 is 1.83. The lowest BCUT2D eigenvalue weighted by Gasteiger charge is -2.37. The number of benzene rings is 3. The number of aromatic nitrogens is 4. The van der Waals surface area contributed by atoms with Gasteiger partial charge in [-0.1, -0.05) is 108 Å². The van der Waals surface area contributed by atoms with Crippen LogP contribution in [0.25, 0.3) is 11.2 Å². The smallest absolute Gasteiger partial charge is 0.247 e. The van der Waals surface area contributed by atoms with Gasteiger partial charge in [0, 0.05) is 0 Å². The summed E-state index contributed by atoms with van der Waals surface area (Å²) in [5.74, 6) is -0.382. The fourth-order valence-electron chi connectivity index (χ4n) is 5.96. The second-order valence-corrected chi connectivity index (χ2v) is 11.7. The monoisotopic (exact) mass is 735 g/mol. The molecule has 0 spiro atoms.